The third kappa shape index (κ3) is 3.05. The van der Waals surface area contributed by atoms with E-state index in [0.717, 1.165) is 25.7 Å². The number of nitriles is 1. The lowest BCUT2D eigenvalue weighted by Crippen LogP contribution is -2.31. The standard InChI is InChI=1S/C13H16N4O/c14-7-9-1-6-12(17-8-9)13(16)18-11-4-2-10(15)3-5-11/h1,6,8,10-11,16H,2-5,15H2. The fourth-order valence-electron chi connectivity index (χ4n) is 2.03. The van der Waals surface area contributed by atoms with Crippen molar-refractivity contribution in [1.29, 1.82) is 10.7 Å². The molecule has 1 aliphatic carbocycles. The predicted molar refractivity (Wildman–Crippen MR) is 67.1 cm³/mol. The number of pyridine rings is 1. The summed E-state index contributed by atoms with van der Waals surface area (Å²) in [7, 11) is 0. The van der Waals surface area contributed by atoms with Gasteiger partial charge in [-0.15, -0.1) is 0 Å². The third-order valence-corrected chi connectivity index (χ3v) is 3.13. The van der Waals surface area contributed by atoms with Crippen LogP contribution in [0.25, 0.3) is 0 Å². The zero-order valence-electron chi connectivity index (χ0n) is 10.1. The van der Waals surface area contributed by atoms with Crippen molar-refractivity contribution < 1.29 is 4.74 Å². The van der Waals surface area contributed by atoms with Gasteiger partial charge in [0.2, 0.25) is 5.90 Å². The zero-order valence-corrected chi connectivity index (χ0v) is 10.1. The molecule has 1 heterocycles. The Morgan fingerprint density at radius 2 is 2.11 bits per heavy atom. The van der Waals surface area contributed by atoms with Gasteiger partial charge in [0, 0.05) is 12.2 Å². The Labute approximate surface area is 106 Å². The van der Waals surface area contributed by atoms with Crippen LogP contribution in [0.4, 0.5) is 0 Å². The summed E-state index contributed by atoms with van der Waals surface area (Å²) in [5.41, 5.74) is 6.76. The molecule has 94 valence electrons. The highest BCUT2D eigenvalue weighted by molar-refractivity contribution is 5.89. The molecule has 0 aromatic carbocycles. The molecule has 3 N–H and O–H groups in total. The first-order chi connectivity index (χ1) is 8.69. The molecule has 1 aromatic rings. The number of hydrogen-bond donors (Lipinski definition) is 2. The summed E-state index contributed by atoms with van der Waals surface area (Å²) in [6, 6.07) is 5.53. The van der Waals surface area contributed by atoms with Crippen LogP contribution in [0.3, 0.4) is 0 Å². The first kappa shape index (κ1) is 12.5. The van der Waals surface area contributed by atoms with Crippen molar-refractivity contribution in [3.63, 3.8) is 0 Å². The molecular weight excluding hydrogens is 228 g/mol. The molecule has 0 aliphatic heterocycles. The van der Waals surface area contributed by atoms with Crippen molar-refractivity contribution in [3.8, 4) is 6.07 Å². The van der Waals surface area contributed by atoms with E-state index >= 15 is 0 Å². The van der Waals surface area contributed by atoms with E-state index in [1.165, 1.54) is 6.20 Å². The highest BCUT2D eigenvalue weighted by Crippen LogP contribution is 2.20. The maximum atomic E-state index is 8.67. The molecule has 0 saturated heterocycles. The monoisotopic (exact) mass is 244 g/mol. The van der Waals surface area contributed by atoms with Crippen LogP contribution in [-0.4, -0.2) is 23.0 Å². The quantitative estimate of drug-likeness (QED) is 0.609. The Balaban J connectivity index is 1.93. The number of rotatable bonds is 2. The van der Waals surface area contributed by atoms with Gasteiger partial charge in [-0.25, -0.2) is 4.98 Å². The third-order valence-electron chi connectivity index (χ3n) is 3.13. The van der Waals surface area contributed by atoms with E-state index in [4.69, 9.17) is 21.1 Å². The molecule has 5 heteroatoms. The second kappa shape index (κ2) is 5.61. The summed E-state index contributed by atoms with van der Waals surface area (Å²) in [4.78, 5) is 4.03. The van der Waals surface area contributed by atoms with Gasteiger partial charge in [-0.2, -0.15) is 5.26 Å². The van der Waals surface area contributed by atoms with Gasteiger partial charge in [0.1, 0.15) is 17.9 Å². The molecule has 0 atom stereocenters. The Bertz CT molecular complexity index is 455. The Kier molecular flexibility index (Phi) is 3.90. The SMILES string of the molecule is N#Cc1ccc(C(=N)OC2CCC(N)CC2)nc1. The molecule has 1 saturated carbocycles. The molecule has 18 heavy (non-hydrogen) atoms. The van der Waals surface area contributed by atoms with Gasteiger partial charge in [-0.3, -0.25) is 5.41 Å². The van der Waals surface area contributed by atoms with Crippen molar-refractivity contribution in [2.24, 2.45) is 5.73 Å². The summed E-state index contributed by atoms with van der Waals surface area (Å²) >= 11 is 0. The second-order valence-corrected chi connectivity index (χ2v) is 4.53. The number of nitrogens with zero attached hydrogens (tertiary/aromatic N) is 2. The highest BCUT2D eigenvalue weighted by Gasteiger charge is 2.21. The van der Waals surface area contributed by atoms with Gasteiger partial charge < -0.3 is 10.5 Å². The largest absolute Gasteiger partial charge is 0.473 e. The Morgan fingerprint density at radius 3 is 2.67 bits per heavy atom. The molecule has 0 spiro atoms. The highest BCUT2D eigenvalue weighted by atomic mass is 16.5. The Hall–Kier alpha value is -1.93. The number of nitrogens with one attached hydrogen (secondary N) is 1. The second-order valence-electron chi connectivity index (χ2n) is 4.53. The molecule has 2 rings (SSSR count). The van der Waals surface area contributed by atoms with Crippen LogP contribution in [-0.2, 0) is 4.74 Å². The molecular formula is C13H16N4O. The summed E-state index contributed by atoms with van der Waals surface area (Å²) in [6.45, 7) is 0. The van der Waals surface area contributed by atoms with E-state index in [0.29, 0.717) is 11.3 Å². The molecule has 1 fully saturated rings. The van der Waals surface area contributed by atoms with Crippen LogP contribution in [0.15, 0.2) is 18.3 Å². The maximum absolute atomic E-state index is 8.67. The fraction of sp³-hybridized carbons (Fsp3) is 0.462. The van der Waals surface area contributed by atoms with Gasteiger partial charge in [0.05, 0.1) is 5.56 Å². The van der Waals surface area contributed by atoms with Gasteiger partial charge >= 0.3 is 0 Å². The lowest BCUT2D eigenvalue weighted by Gasteiger charge is -2.26. The van der Waals surface area contributed by atoms with Crippen molar-refractivity contribution >= 4 is 5.90 Å². The first-order valence-corrected chi connectivity index (χ1v) is 6.06. The zero-order chi connectivity index (χ0) is 13.0. The molecule has 0 radical (unpaired) electrons. The topological polar surface area (TPSA) is 95.8 Å². The van der Waals surface area contributed by atoms with E-state index in [9.17, 15) is 0 Å². The molecule has 0 amide bonds. The minimum Gasteiger partial charge on any atom is -0.473 e. The number of hydrogen-bond acceptors (Lipinski definition) is 5. The van der Waals surface area contributed by atoms with Crippen molar-refractivity contribution in [2.75, 3.05) is 0 Å². The summed E-state index contributed by atoms with van der Waals surface area (Å²) < 4.78 is 5.58. The average Bonchev–Trinajstić information content (AvgIpc) is 2.41. The van der Waals surface area contributed by atoms with Crippen molar-refractivity contribution in [2.45, 2.75) is 37.8 Å². The van der Waals surface area contributed by atoms with Gasteiger partial charge in [0.15, 0.2) is 0 Å². The smallest absolute Gasteiger partial charge is 0.232 e. The summed E-state index contributed by atoms with van der Waals surface area (Å²) in [5, 5.41) is 16.5. The number of ether oxygens (including phenoxy) is 1. The summed E-state index contributed by atoms with van der Waals surface area (Å²) in [5.74, 6) is 0.0694. The van der Waals surface area contributed by atoms with Gasteiger partial charge in [-0.1, -0.05) is 0 Å². The van der Waals surface area contributed by atoms with Crippen molar-refractivity contribution in [3.05, 3.63) is 29.6 Å². The van der Waals surface area contributed by atoms with Gasteiger partial charge in [0.25, 0.3) is 0 Å². The lowest BCUT2D eigenvalue weighted by atomic mass is 9.94. The molecule has 5 nitrogen and oxygen atoms in total. The van der Waals surface area contributed by atoms with E-state index in [1.807, 2.05) is 6.07 Å². The Morgan fingerprint density at radius 1 is 1.39 bits per heavy atom. The fourth-order valence-corrected chi connectivity index (χ4v) is 2.03. The average molecular weight is 244 g/mol. The minimum atomic E-state index is 0.0646. The lowest BCUT2D eigenvalue weighted by molar-refractivity contribution is 0.134. The molecule has 0 unspecified atom stereocenters. The predicted octanol–water partition coefficient (Wildman–Crippen LogP) is 1.57. The number of aromatic nitrogens is 1. The number of nitrogens with two attached hydrogens (primary N) is 1. The first-order valence-electron chi connectivity index (χ1n) is 6.06. The molecule has 1 aliphatic rings. The van der Waals surface area contributed by atoms with Crippen LogP contribution < -0.4 is 5.73 Å². The normalized spacial score (nSPS) is 23.1. The van der Waals surface area contributed by atoms with Crippen molar-refractivity contribution in [1.82, 2.24) is 4.98 Å². The van der Waals surface area contributed by atoms with E-state index in [1.54, 1.807) is 12.1 Å². The summed E-state index contributed by atoms with van der Waals surface area (Å²) in [6.07, 6.45) is 5.18. The van der Waals surface area contributed by atoms with Crippen LogP contribution >= 0.6 is 0 Å². The van der Waals surface area contributed by atoms with Crippen LogP contribution in [0.5, 0.6) is 0 Å². The van der Waals surface area contributed by atoms with Crippen LogP contribution in [0.2, 0.25) is 0 Å². The maximum Gasteiger partial charge on any atom is 0.232 e. The van der Waals surface area contributed by atoms with Crippen LogP contribution in [0.1, 0.15) is 36.9 Å². The van der Waals surface area contributed by atoms with E-state index < -0.39 is 0 Å². The van der Waals surface area contributed by atoms with Gasteiger partial charge in [-0.05, 0) is 37.8 Å². The molecule has 1 aromatic heterocycles. The minimum absolute atomic E-state index is 0.0646. The van der Waals surface area contributed by atoms with E-state index in [-0.39, 0.29) is 18.0 Å². The van der Waals surface area contributed by atoms with E-state index in [2.05, 4.69) is 4.98 Å². The molecule has 0 bridgehead atoms. The van der Waals surface area contributed by atoms with Crippen LogP contribution in [0, 0.1) is 16.7 Å².